The topological polar surface area (TPSA) is 160 Å². The fourth-order valence-corrected chi connectivity index (χ4v) is 6.31. The quantitative estimate of drug-likeness (QED) is 0.237. The van der Waals surface area contributed by atoms with Gasteiger partial charge in [-0.05, 0) is 39.0 Å². The number of alkyl halides is 3. The molecule has 15 heteroatoms. The first-order valence-corrected chi connectivity index (χ1v) is 13.4. The van der Waals surface area contributed by atoms with E-state index < -0.39 is 100 Å². The van der Waals surface area contributed by atoms with Crippen LogP contribution < -0.4 is 0 Å². The van der Waals surface area contributed by atoms with Gasteiger partial charge in [0.2, 0.25) is 6.17 Å². The molecule has 11 nitrogen and oxygen atoms in total. The highest BCUT2D eigenvalue weighted by Crippen LogP contribution is 2.59. The Bertz CT molecular complexity index is 1070. The molecule has 1 saturated heterocycles. The maximum absolute atomic E-state index is 13.4. The summed E-state index contributed by atoms with van der Waals surface area (Å²) in [4.78, 5) is 49.6. The number of hydrogen-bond acceptors (Lipinski definition) is 10. The van der Waals surface area contributed by atoms with E-state index in [1.165, 1.54) is 0 Å². The van der Waals surface area contributed by atoms with Gasteiger partial charge in [-0.15, -0.1) is 0 Å². The number of carbonyl (C=O) groups is 4. The molecule has 1 aliphatic heterocycles. The Morgan fingerprint density at radius 2 is 1.78 bits per heavy atom. The van der Waals surface area contributed by atoms with E-state index in [0.29, 0.717) is 19.3 Å². The van der Waals surface area contributed by atoms with Crippen molar-refractivity contribution in [2.75, 3.05) is 6.61 Å². The summed E-state index contributed by atoms with van der Waals surface area (Å²) in [5.41, 5.74) is -0.614. The van der Waals surface area contributed by atoms with Crippen LogP contribution in [0.2, 0.25) is 0 Å². The van der Waals surface area contributed by atoms with E-state index in [-0.39, 0.29) is 5.92 Å². The van der Waals surface area contributed by atoms with Crippen LogP contribution >= 0.6 is 0 Å². The zero-order valence-electron chi connectivity index (χ0n) is 19.8. The Morgan fingerprint density at radius 3 is 2.41 bits per heavy atom. The van der Waals surface area contributed by atoms with Gasteiger partial charge in [0, 0.05) is 11.8 Å². The van der Waals surface area contributed by atoms with E-state index in [1.54, 1.807) is 0 Å². The molecule has 1 N–H and O–H groups in total. The van der Waals surface area contributed by atoms with Crippen molar-refractivity contribution in [2.45, 2.75) is 81.1 Å². The van der Waals surface area contributed by atoms with Gasteiger partial charge in [0.25, 0.3) is 0 Å². The van der Waals surface area contributed by atoms with Crippen molar-refractivity contribution in [1.29, 1.82) is 0 Å². The second-order valence-corrected chi connectivity index (χ2v) is 11.7. The van der Waals surface area contributed by atoms with Gasteiger partial charge < -0.3 is 18.9 Å². The van der Waals surface area contributed by atoms with Crippen LogP contribution in [-0.2, 0) is 48.2 Å². The van der Waals surface area contributed by atoms with Crippen LogP contribution in [-0.4, -0.2) is 72.7 Å². The van der Waals surface area contributed by atoms with Crippen LogP contribution in [0.4, 0.5) is 13.2 Å². The van der Waals surface area contributed by atoms with Gasteiger partial charge in [-0.1, -0.05) is 0 Å². The van der Waals surface area contributed by atoms with E-state index in [0.717, 1.165) is 12.8 Å². The molecule has 37 heavy (non-hydrogen) atoms. The van der Waals surface area contributed by atoms with Gasteiger partial charge in [-0.3, -0.25) is 23.7 Å². The second kappa shape index (κ2) is 9.71. The fraction of sp³-hybridized carbons (Fsp3) is 0.818. The maximum atomic E-state index is 13.4. The molecule has 208 valence electrons. The van der Waals surface area contributed by atoms with Gasteiger partial charge in [0.1, 0.15) is 24.4 Å². The molecule has 7 atom stereocenters. The Labute approximate surface area is 210 Å². The van der Waals surface area contributed by atoms with Crippen molar-refractivity contribution in [3.8, 4) is 0 Å². The lowest BCUT2D eigenvalue weighted by Gasteiger charge is -2.33. The zero-order valence-corrected chi connectivity index (χ0v) is 20.6. The lowest BCUT2D eigenvalue weighted by molar-refractivity contribution is -0.173. The van der Waals surface area contributed by atoms with Gasteiger partial charge in [-0.2, -0.15) is 17.2 Å². The molecule has 0 aromatic heterocycles. The molecule has 3 aliphatic carbocycles. The summed E-state index contributed by atoms with van der Waals surface area (Å²) >= 11 is 0. The van der Waals surface area contributed by atoms with Crippen LogP contribution in [0, 0.1) is 23.7 Å². The predicted octanol–water partition coefficient (Wildman–Crippen LogP) is 1.72. The molecule has 1 heterocycles. The molecule has 0 aromatic rings. The first-order valence-electron chi connectivity index (χ1n) is 11.9. The molecule has 0 spiro atoms. The number of rotatable bonds is 10. The van der Waals surface area contributed by atoms with E-state index >= 15 is 0 Å². The summed E-state index contributed by atoms with van der Waals surface area (Å²) in [6.07, 6.45) is -2.83. The second-order valence-electron chi connectivity index (χ2n) is 10.2. The van der Waals surface area contributed by atoms with E-state index in [9.17, 15) is 40.8 Å². The smallest absolute Gasteiger partial charge is 0.403 e. The summed E-state index contributed by atoms with van der Waals surface area (Å²) in [5.74, 6) is -5.66. The van der Waals surface area contributed by atoms with Crippen LogP contribution in [0.3, 0.4) is 0 Å². The minimum Gasteiger partial charge on any atom is -0.462 e. The summed E-state index contributed by atoms with van der Waals surface area (Å²) in [6.45, 7) is 0.168. The largest absolute Gasteiger partial charge is 0.462 e. The van der Waals surface area contributed by atoms with Gasteiger partial charge in [-0.25, -0.2) is 4.39 Å². The molecule has 4 fully saturated rings. The van der Waals surface area contributed by atoms with Gasteiger partial charge in [0.15, 0.2) is 0 Å². The average molecular weight is 557 g/mol. The van der Waals surface area contributed by atoms with E-state index in [1.807, 2.05) is 6.92 Å². The Hall–Kier alpha value is -2.42. The highest BCUT2D eigenvalue weighted by molar-refractivity contribution is 7.86. The summed E-state index contributed by atoms with van der Waals surface area (Å²) in [5, 5.41) is -5.18. The number of hydrogen-bond donors (Lipinski definition) is 1. The third-order valence-corrected chi connectivity index (χ3v) is 8.67. The summed E-state index contributed by atoms with van der Waals surface area (Å²) in [6, 6.07) is 0. The SMILES string of the molecule is CC1(OC(=O)C2C3CC4C(OC(=O)C42)C3OC(=O)CCC(=O)OCC(F)C(F)(F)S(=O)(=O)O)CCCC1. The molecule has 0 amide bonds. The van der Waals surface area contributed by atoms with Crippen molar-refractivity contribution < 1.29 is 64.3 Å². The number of halogens is 3. The zero-order chi connectivity index (χ0) is 27.3. The standard InChI is InChI=1S/C22H27F3O11S/c1-21(6-2-3-7-21)36-20(29)16-11-8-10-15(16)19(28)35-18(10)17(11)34-14(27)5-4-13(26)33-9-12(23)22(24,25)37(30,31)32/h10-12,15-18H,2-9H2,1H3,(H,30,31,32). The van der Waals surface area contributed by atoms with Crippen LogP contribution in [0.15, 0.2) is 0 Å². The number of carbonyl (C=O) groups excluding carboxylic acids is 4. The molecular weight excluding hydrogens is 529 g/mol. The molecule has 7 unspecified atom stereocenters. The third kappa shape index (κ3) is 5.16. The Kier molecular flexibility index (Phi) is 7.25. The lowest BCUT2D eigenvalue weighted by atomic mass is 9.78. The van der Waals surface area contributed by atoms with E-state index in [2.05, 4.69) is 4.74 Å². The van der Waals surface area contributed by atoms with Crippen molar-refractivity contribution in [1.82, 2.24) is 0 Å². The Balaban J connectivity index is 1.30. The first-order chi connectivity index (χ1) is 17.1. The number of fused-ring (bicyclic) bond motifs is 1. The van der Waals surface area contributed by atoms with Crippen LogP contribution in [0.25, 0.3) is 0 Å². The van der Waals surface area contributed by atoms with E-state index in [4.69, 9.17) is 18.8 Å². The normalized spacial score (nSPS) is 32.6. The maximum Gasteiger partial charge on any atom is 0.403 e. The van der Waals surface area contributed by atoms with Crippen molar-refractivity contribution in [3.63, 3.8) is 0 Å². The van der Waals surface area contributed by atoms with Crippen molar-refractivity contribution in [2.24, 2.45) is 23.7 Å². The molecule has 2 bridgehead atoms. The third-order valence-electron chi connectivity index (χ3n) is 7.73. The minimum atomic E-state index is -6.06. The van der Waals surface area contributed by atoms with Gasteiger partial charge >= 0.3 is 39.2 Å². The highest BCUT2D eigenvalue weighted by Gasteiger charge is 2.70. The minimum absolute atomic E-state index is 0.319. The summed E-state index contributed by atoms with van der Waals surface area (Å²) in [7, 11) is -6.06. The summed E-state index contributed by atoms with van der Waals surface area (Å²) < 4.78 is 90.0. The van der Waals surface area contributed by atoms with Crippen molar-refractivity contribution in [3.05, 3.63) is 0 Å². The Morgan fingerprint density at radius 1 is 1.16 bits per heavy atom. The molecular formula is C22H27F3O11S. The predicted molar refractivity (Wildman–Crippen MR) is 113 cm³/mol. The average Bonchev–Trinajstić information content (AvgIpc) is 3.53. The molecule has 0 aromatic carbocycles. The molecule has 3 saturated carbocycles. The fourth-order valence-electron chi connectivity index (χ4n) is 5.92. The number of ether oxygens (including phenoxy) is 4. The highest BCUT2D eigenvalue weighted by atomic mass is 32.2. The lowest BCUT2D eigenvalue weighted by Crippen LogP contribution is -2.45. The first kappa shape index (κ1) is 27.6. The van der Waals surface area contributed by atoms with Gasteiger partial charge in [0.05, 0.1) is 24.7 Å². The molecule has 4 aliphatic rings. The molecule has 0 radical (unpaired) electrons. The monoisotopic (exact) mass is 556 g/mol. The van der Waals surface area contributed by atoms with Crippen molar-refractivity contribution >= 4 is 34.0 Å². The van der Waals surface area contributed by atoms with Crippen LogP contribution in [0.5, 0.6) is 0 Å². The number of esters is 4. The molecule has 4 rings (SSSR count). The van der Waals surface area contributed by atoms with Crippen LogP contribution in [0.1, 0.15) is 51.9 Å².